The van der Waals surface area contributed by atoms with Crippen molar-refractivity contribution in [2.75, 3.05) is 5.73 Å². The maximum Gasteiger partial charge on any atom is 0.112 e. The molecule has 0 saturated carbocycles. The predicted molar refractivity (Wildman–Crippen MR) is 87.0 cm³/mol. The zero-order valence-corrected chi connectivity index (χ0v) is 13.4. The van der Waals surface area contributed by atoms with Crippen LogP contribution in [0.5, 0.6) is 0 Å². The van der Waals surface area contributed by atoms with Crippen LogP contribution in [0.15, 0.2) is 18.2 Å². The SMILES string of the molecule is CCC(C)CC(C)n1c(C(C)C)nc2cc(N)ccc21. The minimum atomic E-state index is 0.419. The van der Waals surface area contributed by atoms with Crippen LogP contribution in [0, 0.1) is 5.92 Å². The van der Waals surface area contributed by atoms with Crippen LogP contribution in [-0.2, 0) is 0 Å². The molecule has 2 N–H and O–H groups in total. The maximum atomic E-state index is 5.89. The van der Waals surface area contributed by atoms with Crippen molar-refractivity contribution < 1.29 is 0 Å². The molecule has 0 aliphatic rings. The van der Waals surface area contributed by atoms with Gasteiger partial charge in [0.15, 0.2) is 0 Å². The van der Waals surface area contributed by atoms with Crippen LogP contribution in [0.25, 0.3) is 11.0 Å². The molecule has 2 rings (SSSR count). The number of nitrogen functional groups attached to an aromatic ring is 1. The molecule has 0 aliphatic heterocycles. The average Bonchev–Trinajstić information content (AvgIpc) is 2.76. The van der Waals surface area contributed by atoms with Crippen LogP contribution in [0.3, 0.4) is 0 Å². The van der Waals surface area contributed by atoms with E-state index in [2.05, 4.69) is 45.3 Å². The van der Waals surface area contributed by atoms with Gasteiger partial charge in [-0.05, 0) is 37.5 Å². The number of nitrogens with zero attached hydrogens (tertiary/aromatic N) is 2. The molecule has 0 spiro atoms. The lowest BCUT2D eigenvalue weighted by molar-refractivity contribution is 0.393. The highest BCUT2D eigenvalue weighted by atomic mass is 15.1. The number of rotatable bonds is 5. The number of aromatic nitrogens is 2. The molecular formula is C17H27N3. The third-order valence-electron chi connectivity index (χ3n) is 4.14. The molecule has 0 fully saturated rings. The van der Waals surface area contributed by atoms with Crippen molar-refractivity contribution in [1.82, 2.24) is 9.55 Å². The normalized spacial score (nSPS) is 14.9. The van der Waals surface area contributed by atoms with E-state index in [1.54, 1.807) is 0 Å². The van der Waals surface area contributed by atoms with E-state index in [1.807, 2.05) is 12.1 Å². The van der Waals surface area contributed by atoms with Gasteiger partial charge in [-0.3, -0.25) is 0 Å². The first-order chi connectivity index (χ1) is 9.43. The van der Waals surface area contributed by atoms with E-state index in [0.29, 0.717) is 12.0 Å². The molecule has 3 heteroatoms. The molecule has 2 unspecified atom stereocenters. The lowest BCUT2D eigenvalue weighted by Gasteiger charge is -2.22. The van der Waals surface area contributed by atoms with Crippen molar-refractivity contribution in [2.24, 2.45) is 5.92 Å². The molecule has 20 heavy (non-hydrogen) atoms. The Hall–Kier alpha value is -1.51. The Morgan fingerprint density at radius 2 is 1.90 bits per heavy atom. The smallest absolute Gasteiger partial charge is 0.112 e. The number of fused-ring (bicyclic) bond motifs is 1. The summed E-state index contributed by atoms with van der Waals surface area (Å²) in [4.78, 5) is 4.81. The minimum absolute atomic E-state index is 0.419. The Morgan fingerprint density at radius 3 is 2.50 bits per heavy atom. The third kappa shape index (κ3) is 2.82. The molecule has 1 heterocycles. The van der Waals surface area contributed by atoms with Crippen LogP contribution in [0.4, 0.5) is 5.69 Å². The van der Waals surface area contributed by atoms with Crippen LogP contribution >= 0.6 is 0 Å². The van der Waals surface area contributed by atoms with Gasteiger partial charge in [-0.15, -0.1) is 0 Å². The maximum absolute atomic E-state index is 5.89. The summed E-state index contributed by atoms with van der Waals surface area (Å²) in [6, 6.07) is 6.53. The summed E-state index contributed by atoms with van der Waals surface area (Å²) < 4.78 is 2.41. The second-order valence-electron chi connectivity index (χ2n) is 6.34. The monoisotopic (exact) mass is 273 g/mol. The first kappa shape index (κ1) is 14.9. The summed E-state index contributed by atoms with van der Waals surface area (Å²) >= 11 is 0. The van der Waals surface area contributed by atoms with Crippen LogP contribution in [0.1, 0.15) is 65.2 Å². The van der Waals surface area contributed by atoms with Gasteiger partial charge in [-0.2, -0.15) is 0 Å². The molecule has 3 nitrogen and oxygen atoms in total. The van der Waals surface area contributed by atoms with Crippen molar-refractivity contribution >= 4 is 16.7 Å². The van der Waals surface area contributed by atoms with E-state index in [-0.39, 0.29) is 0 Å². The van der Waals surface area contributed by atoms with E-state index in [4.69, 9.17) is 10.7 Å². The predicted octanol–water partition coefficient (Wildman–Crippen LogP) is 4.74. The van der Waals surface area contributed by atoms with Gasteiger partial charge in [-0.1, -0.05) is 34.1 Å². The van der Waals surface area contributed by atoms with Gasteiger partial charge in [-0.25, -0.2) is 4.98 Å². The fourth-order valence-corrected chi connectivity index (χ4v) is 2.86. The topological polar surface area (TPSA) is 43.8 Å². The summed E-state index contributed by atoms with van der Waals surface area (Å²) in [5, 5.41) is 0. The molecular weight excluding hydrogens is 246 g/mol. The quantitative estimate of drug-likeness (QED) is 0.800. The van der Waals surface area contributed by atoms with Gasteiger partial charge in [0.25, 0.3) is 0 Å². The summed E-state index contributed by atoms with van der Waals surface area (Å²) in [5.74, 6) is 2.32. The van der Waals surface area contributed by atoms with E-state index < -0.39 is 0 Å². The van der Waals surface area contributed by atoms with Crippen molar-refractivity contribution in [3.63, 3.8) is 0 Å². The Balaban J connectivity index is 2.51. The molecule has 0 bridgehead atoms. The minimum Gasteiger partial charge on any atom is -0.399 e. The zero-order chi connectivity index (χ0) is 14.9. The van der Waals surface area contributed by atoms with Gasteiger partial charge in [0.05, 0.1) is 11.0 Å². The molecule has 0 saturated heterocycles. The van der Waals surface area contributed by atoms with Crippen molar-refractivity contribution in [3.05, 3.63) is 24.0 Å². The van der Waals surface area contributed by atoms with E-state index in [1.165, 1.54) is 24.2 Å². The summed E-state index contributed by atoms with van der Waals surface area (Å²) in [6.07, 6.45) is 2.41. The molecule has 0 aliphatic carbocycles. The van der Waals surface area contributed by atoms with E-state index in [0.717, 1.165) is 17.1 Å². The summed E-state index contributed by atoms with van der Waals surface area (Å²) in [7, 11) is 0. The molecule has 0 amide bonds. The van der Waals surface area contributed by atoms with Crippen molar-refractivity contribution in [3.8, 4) is 0 Å². The highest BCUT2D eigenvalue weighted by Gasteiger charge is 2.19. The summed E-state index contributed by atoms with van der Waals surface area (Å²) in [5.41, 5.74) is 8.90. The van der Waals surface area contributed by atoms with Crippen LogP contribution < -0.4 is 5.73 Å². The Kier molecular flexibility index (Phi) is 4.36. The fourth-order valence-electron chi connectivity index (χ4n) is 2.86. The molecule has 110 valence electrons. The first-order valence-corrected chi connectivity index (χ1v) is 7.71. The van der Waals surface area contributed by atoms with Gasteiger partial charge in [0.1, 0.15) is 5.82 Å². The number of hydrogen-bond donors (Lipinski definition) is 1. The number of hydrogen-bond acceptors (Lipinski definition) is 2. The second-order valence-corrected chi connectivity index (χ2v) is 6.34. The van der Waals surface area contributed by atoms with Gasteiger partial charge < -0.3 is 10.3 Å². The average molecular weight is 273 g/mol. The number of nitrogens with two attached hydrogens (primary N) is 1. The zero-order valence-electron chi connectivity index (χ0n) is 13.4. The van der Waals surface area contributed by atoms with Gasteiger partial charge >= 0.3 is 0 Å². The molecule has 2 aromatic rings. The van der Waals surface area contributed by atoms with Crippen LogP contribution in [0.2, 0.25) is 0 Å². The number of imidazole rings is 1. The van der Waals surface area contributed by atoms with E-state index in [9.17, 15) is 0 Å². The second kappa shape index (κ2) is 5.86. The lowest BCUT2D eigenvalue weighted by Crippen LogP contribution is -2.13. The van der Waals surface area contributed by atoms with Crippen molar-refractivity contribution in [1.29, 1.82) is 0 Å². The highest BCUT2D eigenvalue weighted by molar-refractivity contribution is 5.80. The van der Waals surface area contributed by atoms with Gasteiger partial charge in [0.2, 0.25) is 0 Å². The molecule has 2 atom stereocenters. The van der Waals surface area contributed by atoms with Crippen molar-refractivity contribution in [2.45, 2.75) is 59.4 Å². The Bertz CT molecular complexity index is 583. The largest absolute Gasteiger partial charge is 0.399 e. The highest BCUT2D eigenvalue weighted by Crippen LogP contribution is 2.30. The number of anilines is 1. The Morgan fingerprint density at radius 1 is 1.20 bits per heavy atom. The standard InChI is InChI=1S/C17H27N3/c1-6-12(4)9-13(5)20-16-8-7-14(18)10-15(16)19-17(20)11(2)3/h7-8,10-13H,6,9,18H2,1-5H3. The molecule has 1 aromatic carbocycles. The lowest BCUT2D eigenvalue weighted by atomic mass is 9.99. The third-order valence-corrected chi connectivity index (χ3v) is 4.14. The first-order valence-electron chi connectivity index (χ1n) is 7.71. The fraction of sp³-hybridized carbons (Fsp3) is 0.588. The van der Waals surface area contributed by atoms with Gasteiger partial charge in [0, 0.05) is 17.6 Å². The molecule has 1 aromatic heterocycles. The number of benzene rings is 1. The van der Waals surface area contributed by atoms with Crippen LogP contribution in [-0.4, -0.2) is 9.55 Å². The summed E-state index contributed by atoms with van der Waals surface area (Å²) in [6.45, 7) is 11.3. The molecule has 0 radical (unpaired) electrons. The Labute approximate surface area is 122 Å². The van der Waals surface area contributed by atoms with E-state index >= 15 is 0 Å².